The molecule has 0 aliphatic carbocycles. The van der Waals surface area contributed by atoms with Crippen molar-refractivity contribution < 1.29 is 9.59 Å². The first kappa shape index (κ1) is 19.1. The number of hydrogen-bond acceptors (Lipinski definition) is 6. The molecular weight excluding hydrogens is 338 g/mol. The summed E-state index contributed by atoms with van der Waals surface area (Å²) in [6.45, 7) is 9.46. The van der Waals surface area contributed by atoms with Gasteiger partial charge in [-0.3, -0.25) is 9.59 Å². The van der Waals surface area contributed by atoms with Gasteiger partial charge in [0.2, 0.25) is 11.1 Å². The second kappa shape index (κ2) is 8.24. The minimum atomic E-state index is -0.320. The molecule has 0 spiro atoms. The van der Waals surface area contributed by atoms with Gasteiger partial charge in [0.15, 0.2) is 5.78 Å². The Morgan fingerprint density at radius 2 is 1.72 bits per heavy atom. The van der Waals surface area contributed by atoms with Gasteiger partial charge in [0.05, 0.1) is 11.3 Å². The van der Waals surface area contributed by atoms with E-state index in [2.05, 4.69) is 20.8 Å². The van der Waals surface area contributed by atoms with Crippen molar-refractivity contribution in [3.8, 4) is 0 Å². The van der Waals surface area contributed by atoms with Crippen LogP contribution in [-0.4, -0.2) is 37.1 Å². The summed E-state index contributed by atoms with van der Waals surface area (Å²) in [7, 11) is 0. The molecule has 0 fully saturated rings. The van der Waals surface area contributed by atoms with Crippen molar-refractivity contribution in [1.82, 2.24) is 20.2 Å². The highest BCUT2D eigenvalue weighted by Crippen LogP contribution is 2.25. The average molecular weight is 361 g/mol. The molecule has 0 bridgehead atoms. The summed E-state index contributed by atoms with van der Waals surface area (Å²) in [5.41, 5.74) is 1.27. The van der Waals surface area contributed by atoms with Crippen molar-refractivity contribution in [1.29, 1.82) is 0 Å². The van der Waals surface area contributed by atoms with Crippen LogP contribution in [0.5, 0.6) is 0 Å². The van der Waals surface area contributed by atoms with E-state index in [0.717, 1.165) is 0 Å². The number of thioether (sulfide) groups is 1. The maximum absolute atomic E-state index is 12.6. The largest absolute Gasteiger partial charge is 0.326 e. The summed E-state index contributed by atoms with van der Waals surface area (Å²) in [4.78, 5) is 24.3. The van der Waals surface area contributed by atoms with Crippen molar-refractivity contribution >= 4 is 29.1 Å². The number of benzene rings is 1. The lowest BCUT2D eigenvalue weighted by Gasteiger charge is -2.12. The normalized spacial score (nSPS) is 12.4. The molecule has 2 rings (SSSR count). The Hall–Kier alpha value is -2.22. The molecule has 2 aromatic rings. The SMILES string of the molecule is CC(C)C(=O)Nc1ccc(C(=O)C(C)Sc2nnnn2C(C)C)cc1. The standard InChI is InChI=1S/C17H23N5O2S/c1-10(2)16(24)18-14-8-6-13(7-9-14)15(23)12(5)25-17-19-20-21-22(17)11(3)4/h6-12H,1-5H3,(H,18,24). The number of Topliss-reactive ketones (excluding diaryl/α,β-unsaturated/α-hetero) is 1. The van der Waals surface area contributed by atoms with E-state index in [1.165, 1.54) is 11.8 Å². The van der Waals surface area contributed by atoms with Crippen molar-refractivity contribution in [3.05, 3.63) is 29.8 Å². The molecule has 0 saturated carbocycles. The smallest absolute Gasteiger partial charge is 0.226 e. The Morgan fingerprint density at radius 3 is 2.28 bits per heavy atom. The number of amides is 1. The molecule has 1 aromatic carbocycles. The summed E-state index contributed by atoms with van der Waals surface area (Å²) in [5.74, 6) is -0.154. The van der Waals surface area contributed by atoms with Crippen LogP contribution in [0.3, 0.4) is 0 Å². The van der Waals surface area contributed by atoms with Gasteiger partial charge in [0.1, 0.15) is 0 Å². The van der Waals surface area contributed by atoms with E-state index in [0.29, 0.717) is 16.4 Å². The molecule has 1 amide bonds. The number of carbonyl (C=O) groups is 2. The highest BCUT2D eigenvalue weighted by atomic mass is 32.2. The quantitative estimate of drug-likeness (QED) is 0.601. The van der Waals surface area contributed by atoms with Crippen LogP contribution in [0, 0.1) is 5.92 Å². The third-order valence-electron chi connectivity index (χ3n) is 3.56. The van der Waals surface area contributed by atoms with E-state index in [4.69, 9.17) is 0 Å². The first-order valence-corrected chi connectivity index (χ1v) is 9.07. The highest BCUT2D eigenvalue weighted by Gasteiger charge is 2.21. The fraction of sp³-hybridized carbons (Fsp3) is 0.471. The van der Waals surface area contributed by atoms with Crippen LogP contribution in [0.25, 0.3) is 0 Å². The number of anilines is 1. The van der Waals surface area contributed by atoms with Gasteiger partial charge in [0, 0.05) is 17.2 Å². The van der Waals surface area contributed by atoms with E-state index in [9.17, 15) is 9.59 Å². The van der Waals surface area contributed by atoms with E-state index in [1.807, 2.05) is 34.6 Å². The highest BCUT2D eigenvalue weighted by molar-refractivity contribution is 8.00. The van der Waals surface area contributed by atoms with E-state index in [-0.39, 0.29) is 28.9 Å². The topological polar surface area (TPSA) is 89.8 Å². The van der Waals surface area contributed by atoms with Crippen LogP contribution < -0.4 is 5.32 Å². The van der Waals surface area contributed by atoms with Gasteiger partial charge in [0.25, 0.3) is 0 Å². The van der Waals surface area contributed by atoms with Gasteiger partial charge in [-0.25, -0.2) is 4.68 Å². The Bertz CT molecular complexity index is 740. The van der Waals surface area contributed by atoms with Crippen molar-refractivity contribution in [2.24, 2.45) is 5.92 Å². The summed E-state index contributed by atoms with van der Waals surface area (Å²) in [6.07, 6.45) is 0. The number of rotatable bonds is 7. The van der Waals surface area contributed by atoms with Gasteiger partial charge in [-0.1, -0.05) is 25.6 Å². The number of carbonyl (C=O) groups excluding carboxylic acids is 2. The summed E-state index contributed by atoms with van der Waals surface area (Å²) in [6, 6.07) is 7.05. The number of nitrogens with zero attached hydrogens (tertiary/aromatic N) is 4. The number of nitrogens with one attached hydrogen (secondary N) is 1. The van der Waals surface area contributed by atoms with Crippen molar-refractivity contribution in [3.63, 3.8) is 0 Å². The molecule has 1 aromatic heterocycles. The van der Waals surface area contributed by atoms with Crippen LogP contribution in [0.1, 0.15) is 51.0 Å². The molecule has 0 aliphatic rings. The van der Waals surface area contributed by atoms with Crippen LogP contribution in [0.15, 0.2) is 29.4 Å². The van der Waals surface area contributed by atoms with Crippen molar-refractivity contribution in [2.75, 3.05) is 5.32 Å². The third kappa shape index (κ3) is 4.88. The van der Waals surface area contributed by atoms with Gasteiger partial charge in [-0.15, -0.1) is 5.10 Å². The van der Waals surface area contributed by atoms with Gasteiger partial charge < -0.3 is 5.32 Å². The van der Waals surface area contributed by atoms with Gasteiger partial charge in [-0.2, -0.15) is 0 Å². The second-order valence-corrected chi connectivity index (χ2v) is 7.65. The zero-order chi connectivity index (χ0) is 18.6. The second-order valence-electron chi connectivity index (χ2n) is 6.35. The molecule has 0 radical (unpaired) electrons. The number of tetrazole rings is 1. The summed E-state index contributed by atoms with van der Waals surface area (Å²) in [5, 5.41) is 14.7. The van der Waals surface area contributed by atoms with Crippen molar-refractivity contribution in [2.45, 2.75) is 51.1 Å². The average Bonchev–Trinajstić information content (AvgIpc) is 3.03. The van der Waals surface area contributed by atoms with Crippen LogP contribution in [0.4, 0.5) is 5.69 Å². The van der Waals surface area contributed by atoms with Gasteiger partial charge in [-0.05, 0) is 55.5 Å². The fourth-order valence-corrected chi connectivity index (χ4v) is 3.04. The number of hydrogen-bond donors (Lipinski definition) is 1. The predicted molar refractivity (Wildman–Crippen MR) is 97.8 cm³/mol. The lowest BCUT2D eigenvalue weighted by molar-refractivity contribution is -0.118. The molecule has 0 saturated heterocycles. The zero-order valence-corrected chi connectivity index (χ0v) is 15.9. The first-order valence-electron chi connectivity index (χ1n) is 8.19. The Labute approximate surface area is 151 Å². The maximum Gasteiger partial charge on any atom is 0.226 e. The van der Waals surface area contributed by atoms with Crippen LogP contribution in [-0.2, 0) is 4.79 Å². The fourth-order valence-electron chi connectivity index (χ4n) is 2.04. The lowest BCUT2D eigenvalue weighted by atomic mass is 10.1. The number of ketones is 1. The molecule has 8 heteroatoms. The van der Waals surface area contributed by atoms with Gasteiger partial charge >= 0.3 is 0 Å². The van der Waals surface area contributed by atoms with Crippen LogP contribution in [0.2, 0.25) is 0 Å². The molecule has 134 valence electrons. The molecular formula is C17H23N5O2S. The Morgan fingerprint density at radius 1 is 1.08 bits per heavy atom. The Balaban J connectivity index is 2.04. The minimum Gasteiger partial charge on any atom is -0.326 e. The monoisotopic (exact) mass is 361 g/mol. The molecule has 25 heavy (non-hydrogen) atoms. The van der Waals surface area contributed by atoms with Crippen LogP contribution >= 0.6 is 11.8 Å². The molecule has 1 unspecified atom stereocenters. The third-order valence-corrected chi connectivity index (χ3v) is 4.61. The zero-order valence-electron chi connectivity index (χ0n) is 15.1. The minimum absolute atomic E-state index is 0.00922. The molecule has 1 N–H and O–H groups in total. The summed E-state index contributed by atoms with van der Waals surface area (Å²) < 4.78 is 1.69. The predicted octanol–water partition coefficient (Wildman–Crippen LogP) is 3.21. The molecule has 7 nitrogen and oxygen atoms in total. The lowest BCUT2D eigenvalue weighted by Crippen LogP contribution is -2.18. The number of aromatic nitrogens is 4. The maximum atomic E-state index is 12.6. The first-order chi connectivity index (χ1) is 11.8. The molecule has 1 atom stereocenters. The molecule has 0 aliphatic heterocycles. The Kier molecular flexibility index (Phi) is 6.30. The van der Waals surface area contributed by atoms with E-state index in [1.54, 1.807) is 28.9 Å². The van der Waals surface area contributed by atoms with E-state index < -0.39 is 0 Å². The summed E-state index contributed by atoms with van der Waals surface area (Å²) >= 11 is 1.33. The molecule has 1 heterocycles. The van der Waals surface area contributed by atoms with E-state index >= 15 is 0 Å².